The van der Waals surface area contributed by atoms with Crippen LogP contribution in [0.1, 0.15) is 44.6 Å². The average Bonchev–Trinajstić information content (AvgIpc) is 3.31. The molecular formula is C27H36N2O4. The van der Waals surface area contributed by atoms with E-state index in [1.54, 1.807) is 0 Å². The molecule has 2 aliphatic rings. The fraction of sp³-hybridized carbons (Fsp3) is 0.519. The van der Waals surface area contributed by atoms with Gasteiger partial charge in [0.15, 0.2) is 0 Å². The van der Waals surface area contributed by atoms with Crippen molar-refractivity contribution >= 4 is 11.6 Å². The van der Waals surface area contributed by atoms with Gasteiger partial charge in [0.25, 0.3) is 0 Å². The second-order valence-electron chi connectivity index (χ2n) is 9.06. The summed E-state index contributed by atoms with van der Waals surface area (Å²) < 4.78 is 18.3. The number of benzene rings is 2. The van der Waals surface area contributed by atoms with Crippen molar-refractivity contribution in [3.63, 3.8) is 0 Å². The molecule has 4 rings (SSSR count). The first-order valence-corrected chi connectivity index (χ1v) is 12.2. The Kier molecular flexibility index (Phi) is 8.37. The van der Waals surface area contributed by atoms with Gasteiger partial charge in [0.1, 0.15) is 5.75 Å². The number of anilines is 1. The summed E-state index contributed by atoms with van der Waals surface area (Å²) in [6, 6.07) is 17.8. The highest BCUT2D eigenvalue weighted by Crippen LogP contribution is 2.38. The highest BCUT2D eigenvalue weighted by Gasteiger charge is 2.47. The number of carbonyl (C=O) groups excluding carboxylic acids is 1. The molecule has 2 heterocycles. The highest BCUT2D eigenvalue weighted by atomic mass is 16.6. The first-order valence-electron chi connectivity index (χ1n) is 12.2. The fourth-order valence-corrected chi connectivity index (χ4v) is 4.66. The number of nitrogens with zero attached hydrogens (tertiary/aromatic N) is 1. The zero-order valence-electron chi connectivity index (χ0n) is 19.6. The third-order valence-electron chi connectivity index (χ3n) is 6.56. The van der Waals surface area contributed by atoms with E-state index in [9.17, 15) is 4.79 Å². The largest absolute Gasteiger partial charge is 0.494 e. The van der Waals surface area contributed by atoms with E-state index in [1.807, 2.05) is 42.5 Å². The van der Waals surface area contributed by atoms with Gasteiger partial charge >= 0.3 is 0 Å². The smallest absolute Gasteiger partial charge is 0.238 e. The molecule has 2 aromatic carbocycles. The van der Waals surface area contributed by atoms with E-state index in [2.05, 4.69) is 29.3 Å². The van der Waals surface area contributed by atoms with Crippen molar-refractivity contribution in [3.05, 3.63) is 60.2 Å². The van der Waals surface area contributed by atoms with Gasteiger partial charge in [-0.05, 0) is 55.5 Å². The Labute approximate surface area is 197 Å². The van der Waals surface area contributed by atoms with Gasteiger partial charge in [-0.2, -0.15) is 0 Å². The van der Waals surface area contributed by atoms with Crippen LogP contribution < -0.4 is 10.1 Å². The summed E-state index contributed by atoms with van der Waals surface area (Å²) in [4.78, 5) is 14.9. The van der Waals surface area contributed by atoms with E-state index in [1.165, 1.54) is 0 Å². The van der Waals surface area contributed by atoms with E-state index in [4.69, 9.17) is 14.2 Å². The maximum Gasteiger partial charge on any atom is 0.238 e. The SMILES string of the molecule is CCCCOc1ccc(NC(=O)CN2CC[C@]3(CCCO3)[C@@H](OCc3ccccc3)C2)cc1. The van der Waals surface area contributed by atoms with Gasteiger partial charge in [0.2, 0.25) is 5.91 Å². The molecule has 0 bridgehead atoms. The van der Waals surface area contributed by atoms with E-state index in [0.717, 1.165) is 68.9 Å². The van der Waals surface area contributed by atoms with Crippen molar-refractivity contribution in [1.29, 1.82) is 0 Å². The van der Waals surface area contributed by atoms with Crippen LogP contribution in [0.3, 0.4) is 0 Å². The van der Waals surface area contributed by atoms with Gasteiger partial charge in [-0.25, -0.2) is 0 Å². The zero-order valence-corrected chi connectivity index (χ0v) is 19.6. The lowest BCUT2D eigenvalue weighted by Crippen LogP contribution is -2.57. The number of rotatable bonds is 10. The minimum absolute atomic E-state index is 0.0141. The molecule has 178 valence electrons. The van der Waals surface area contributed by atoms with E-state index in [0.29, 0.717) is 19.7 Å². The standard InChI is InChI=1S/C27H36N2O4/c1-2-3-17-31-24-12-10-23(11-13-24)28-26(30)20-29-16-15-27(14-7-18-33-27)25(19-29)32-21-22-8-5-4-6-9-22/h4-6,8-13,25H,2-3,7,14-21H2,1H3,(H,28,30)/t25-,27+/m0/s1. The maximum atomic E-state index is 12.7. The fourth-order valence-electron chi connectivity index (χ4n) is 4.66. The number of carbonyl (C=O) groups is 1. The monoisotopic (exact) mass is 452 g/mol. The van der Waals surface area contributed by atoms with Crippen LogP contribution in [0.15, 0.2) is 54.6 Å². The van der Waals surface area contributed by atoms with Crippen LogP contribution in [0.4, 0.5) is 5.69 Å². The highest BCUT2D eigenvalue weighted by molar-refractivity contribution is 5.92. The Hall–Kier alpha value is -2.41. The third kappa shape index (κ3) is 6.56. The van der Waals surface area contributed by atoms with Crippen molar-refractivity contribution in [3.8, 4) is 5.75 Å². The molecule has 0 radical (unpaired) electrons. The molecule has 0 saturated carbocycles. The summed E-state index contributed by atoms with van der Waals surface area (Å²) in [5.74, 6) is 0.817. The van der Waals surface area contributed by atoms with Crippen LogP contribution in [0.2, 0.25) is 0 Å². The molecule has 0 aromatic heterocycles. The van der Waals surface area contributed by atoms with Crippen LogP contribution in [-0.4, -0.2) is 55.4 Å². The summed E-state index contributed by atoms with van der Waals surface area (Å²) in [7, 11) is 0. The molecule has 6 heteroatoms. The number of piperidine rings is 1. The van der Waals surface area contributed by atoms with Gasteiger partial charge in [0.05, 0.1) is 31.5 Å². The first-order chi connectivity index (χ1) is 16.2. The van der Waals surface area contributed by atoms with Crippen molar-refractivity contribution in [2.45, 2.75) is 57.3 Å². The Morgan fingerprint density at radius 3 is 2.70 bits per heavy atom. The molecule has 0 unspecified atom stereocenters. The molecule has 33 heavy (non-hydrogen) atoms. The Morgan fingerprint density at radius 1 is 1.15 bits per heavy atom. The van der Waals surface area contributed by atoms with Gasteiger partial charge in [0, 0.05) is 25.4 Å². The minimum Gasteiger partial charge on any atom is -0.494 e. The maximum absolute atomic E-state index is 12.7. The van der Waals surface area contributed by atoms with Crippen molar-refractivity contribution < 1.29 is 19.0 Å². The van der Waals surface area contributed by atoms with E-state index >= 15 is 0 Å². The van der Waals surface area contributed by atoms with Gasteiger partial charge in [-0.15, -0.1) is 0 Å². The number of hydrogen-bond acceptors (Lipinski definition) is 5. The van der Waals surface area contributed by atoms with Crippen LogP contribution in [0, 0.1) is 0 Å². The molecule has 2 atom stereocenters. The van der Waals surface area contributed by atoms with Crippen LogP contribution in [0.5, 0.6) is 5.75 Å². The molecule has 1 N–H and O–H groups in total. The van der Waals surface area contributed by atoms with Gasteiger partial charge in [-0.1, -0.05) is 43.7 Å². The molecule has 2 saturated heterocycles. The predicted octanol–water partition coefficient (Wildman–Crippen LogP) is 4.64. The van der Waals surface area contributed by atoms with Crippen LogP contribution >= 0.6 is 0 Å². The lowest BCUT2D eigenvalue weighted by atomic mass is 9.85. The average molecular weight is 453 g/mol. The van der Waals surface area contributed by atoms with Crippen LogP contribution in [-0.2, 0) is 20.9 Å². The topological polar surface area (TPSA) is 60.0 Å². The Balaban J connectivity index is 1.30. The quantitative estimate of drug-likeness (QED) is 0.532. The lowest BCUT2D eigenvalue weighted by Gasteiger charge is -2.44. The number of likely N-dealkylation sites (tertiary alicyclic amines) is 1. The van der Waals surface area contributed by atoms with Crippen molar-refractivity contribution in [2.24, 2.45) is 0 Å². The molecule has 2 fully saturated rings. The number of nitrogens with one attached hydrogen (secondary N) is 1. The molecule has 1 spiro atoms. The van der Waals surface area contributed by atoms with Gasteiger partial charge in [-0.3, -0.25) is 9.69 Å². The Morgan fingerprint density at radius 2 is 1.97 bits per heavy atom. The van der Waals surface area contributed by atoms with Gasteiger partial charge < -0.3 is 19.5 Å². The van der Waals surface area contributed by atoms with Crippen LogP contribution in [0.25, 0.3) is 0 Å². The second kappa shape index (κ2) is 11.6. The minimum atomic E-state index is -0.213. The summed E-state index contributed by atoms with van der Waals surface area (Å²) in [5.41, 5.74) is 1.73. The predicted molar refractivity (Wildman–Crippen MR) is 129 cm³/mol. The first kappa shape index (κ1) is 23.7. The zero-order chi connectivity index (χ0) is 22.9. The van der Waals surface area contributed by atoms with Crippen molar-refractivity contribution in [1.82, 2.24) is 4.90 Å². The third-order valence-corrected chi connectivity index (χ3v) is 6.56. The number of ether oxygens (including phenoxy) is 3. The molecule has 1 amide bonds. The van der Waals surface area contributed by atoms with E-state index in [-0.39, 0.29) is 17.6 Å². The van der Waals surface area contributed by atoms with Crippen molar-refractivity contribution in [2.75, 3.05) is 38.2 Å². The molecule has 2 aromatic rings. The summed E-state index contributed by atoms with van der Waals surface area (Å²) >= 11 is 0. The second-order valence-corrected chi connectivity index (χ2v) is 9.06. The number of hydrogen-bond donors (Lipinski definition) is 1. The summed E-state index contributed by atoms with van der Waals surface area (Å²) in [6.45, 7) is 6.09. The summed E-state index contributed by atoms with van der Waals surface area (Å²) in [6.07, 6.45) is 5.10. The molecule has 2 aliphatic heterocycles. The number of unbranched alkanes of at least 4 members (excludes halogenated alkanes) is 1. The molecule has 0 aliphatic carbocycles. The normalized spacial score (nSPS) is 23.0. The lowest BCUT2D eigenvalue weighted by molar-refractivity contribution is -0.159. The Bertz CT molecular complexity index is 865. The molecular weight excluding hydrogens is 416 g/mol. The van der Waals surface area contributed by atoms with E-state index < -0.39 is 0 Å². The number of amides is 1. The summed E-state index contributed by atoms with van der Waals surface area (Å²) in [5, 5.41) is 3.01. The molecule has 6 nitrogen and oxygen atoms in total.